The molecule has 1 aromatic carbocycles. The zero-order valence-corrected chi connectivity index (χ0v) is 11.6. The summed E-state index contributed by atoms with van der Waals surface area (Å²) in [5.74, 6) is -0.155. The molecule has 2 N–H and O–H groups in total. The quantitative estimate of drug-likeness (QED) is 0.885. The first-order chi connectivity index (χ1) is 9.22. The Morgan fingerprint density at radius 1 is 1.53 bits per heavy atom. The SMILES string of the molecule is CC.CCCNC(=O)C1CNc2c(F)cccc2O1. The van der Waals surface area contributed by atoms with Crippen LogP contribution in [0.25, 0.3) is 0 Å². The summed E-state index contributed by atoms with van der Waals surface area (Å²) < 4.78 is 18.8. The van der Waals surface area contributed by atoms with Gasteiger partial charge in [0, 0.05) is 6.54 Å². The summed E-state index contributed by atoms with van der Waals surface area (Å²) in [5.41, 5.74) is 0.326. The molecule has 106 valence electrons. The molecule has 1 heterocycles. The molecule has 0 aromatic heterocycles. The molecule has 1 atom stereocenters. The van der Waals surface area contributed by atoms with Gasteiger partial charge in [-0.2, -0.15) is 0 Å². The van der Waals surface area contributed by atoms with Crippen LogP contribution in [0, 0.1) is 5.82 Å². The van der Waals surface area contributed by atoms with Crippen LogP contribution in [0.3, 0.4) is 0 Å². The number of anilines is 1. The van der Waals surface area contributed by atoms with Gasteiger partial charge in [-0.25, -0.2) is 4.39 Å². The molecule has 1 aromatic rings. The maximum atomic E-state index is 13.4. The van der Waals surface area contributed by atoms with Gasteiger partial charge in [-0.15, -0.1) is 0 Å². The third-order valence-electron chi connectivity index (χ3n) is 2.55. The Morgan fingerprint density at radius 2 is 2.26 bits per heavy atom. The Labute approximate surface area is 113 Å². The highest BCUT2D eigenvalue weighted by atomic mass is 19.1. The number of para-hydroxylation sites is 1. The number of amides is 1. The first-order valence-electron chi connectivity index (χ1n) is 6.69. The van der Waals surface area contributed by atoms with Crippen LogP contribution >= 0.6 is 0 Å². The number of hydrogen-bond acceptors (Lipinski definition) is 3. The maximum absolute atomic E-state index is 13.4. The van der Waals surface area contributed by atoms with Gasteiger partial charge in [0.05, 0.1) is 6.54 Å². The molecule has 0 bridgehead atoms. The molecule has 0 fully saturated rings. The van der Waals surface area contributed by atoms with Gasteiger partial charge in [0.1, 0.15) is 17.3 Å². The number of carbonyl (C=O) groups is 1. The number of rotatable bonds is 3. The Hall–Kier alpha value is -1.78. The minimum absolute atomic E-state index is 0.172. The summed E-state index contributed by atoms with van der Waals surface area (Å²) in [4.78, 5) is 11.7. The predicted molar refractivity (Wildman–Crippen MR) is 74.0 cm³/mol. The summed E-state index contributed by atoms with van der Waals surface area (Å²) in [5, 5.41) is 5.63. The van der Waals surface area contributed by atoms with Gasteiger partial charge in [0.15, 0.2) is 6.10 Å². The first-order valence-corrected chi connectivity index (χ1v) is 6.69. The molecule has 0 saturated carbocycles. The van der Waals surface area contributed by atoms with E-state index in [0.717, 1.165) is 6.42 Å². The van der Waals surface area contributed by atoms with Crippen molar-refractivity contribution in [2.24, 2.45) is 0 Å². The Bertz CT molecular complexity index is 424. The minimum atomic E-state index is -0.601. The number of nitrogens with one attached hydrogen (secondary N) is 2. The molecule has 2 rings (SSSR count). The van der Waals surface area contributed by atoms with E-state index in [0.29, 0.717) is 18.0 Å². The Morgan fingerprint density at radius 3 is 2.95 bits per heavy atom. The van der Waals surface area contributed by atoms with Crippen LogP contribution in [-0.4, -0.2) is 25.1 Å². The topological polar surface area (TPSA) is 50.4 Å². The van der Waals surface area contributed by atoms with Crippen molar-refractivity contribution in [1.29, 1.82) is 0 Å². The highest BCUT2D eigenvalue weighted by Crippen LogP contribution is 2.31. The van der Waals surface area contributed by atoms with Crippen LogP contribution in [0.1, 0.15) is 27.2 Å². The van der Waals surface area contributed by atoms with E-state index in [-0.39, 0.29) is 18.3 Å². The summed E-state index contributed by atoms with van der Waals surface area (Å²) in [6.45, 7) is 6.88. The number of carbonyl (C=O) groups excluding carboxylic acids is 1. The van der Waals surface area contributed by atoms with Crippen molar-refractivity contribution >= 4 is 11.6 Å². The average Bonchev–Trinajstić information content (AvgIpc) is 2.46. The summed E-state index contributed by atoms with van der Waals surface area (Å²) in [7, 11) is 0. The largest absolute Gasteiger partial charge is 0.476 e. The van der Waals surface area contributed by atoms with E-state index < -0.39 is 6.10 Å². The number of ether oxygens (including phenoxy) is 1. The van der Waals surface area contributed by atoms with Crippen molar-refractivity contribution in [1.82, 2.24) is 5.32 Å². The molecule has 19 heavy (non-hydrogen) atoms. The standard InChI is InChI=1S/C12H15FN2O2.C2H6/c1-2-6-14-12(16)10-7-15-11-8(13)4-3-5-9(11)17-10;1-2/h3-5,10,15H,2,6-7H2,1H3,(H,14,16);1-2H3. The van der Waals surface area contributed by atoms with Gasteiger partial charge in [-0.1, -0.05) is 26.8 Å². The molecule has 4 nitrogen and oxygen atoms in total. The zero-order valence-electron chi connectivity index (χ0n) is 11.6. The molecular weight excluding hydrogens is 247 g/mol. The Kier molecular flexibility index (Phi) is 6.12. The van der Waals surface area contributed by atoms with Gasteiger partial charge in [-0.3, -0.25) is 4.79 Å². The van der Waals surface area contributed by atoms with E-state index in [1.54, 1.807) is 12.1 Å². The lowest BCUT2D eigenvalue weighted by Crippen LogP contribution is -2.45. The second kappa shape index (κ2) is 7.61. The number of benzene rings is 1. The van der Waals surface area contributed by atoms with Gasteiger partial charge >= 0.3 is 0 Å². The Balaban J connectivity index is 0.000000861. The van der Waals surface area contributed by atoms with Crippen molar-refractivity contribution in [2.75, 3.05) is 18.4 Å². The molecule has 1 amide bonds. The van der Waals surface area contributed by atoms with Gasteiger partial charge in [-0.05, 0) is 18.6 Å². The van der Waals surface area contributed by atoms with Crippen molar-refractivity contribution in [2.45, 2.75) is 33.3 Å². The molecule has 1 aliphatic heterocycles. The van der Waals surface area contributed by atoms with Gasteiger partial charge in [0.25, 0.3) is 5.91 Å². The molecular formula is C14H21FN2O2. The van der Waals surface area contributed by atoms with Crippen LogP contribution in [0.5, 0.6) is 5.75 Å². The zero-order chi connectivity index (χ0) is 14.3. The molecule has 0 spiro atoms. The number of fused-ring (bicyclic) bond motifs is 1. The van der Waals surface area contributed by atoms with Crippen LogP contribution in [-0.2, 0) is 4.79 Å². The van der Waals surface area contributed by atoms with Crippen molar-refractivity contribution in [3.05, 3.63) is 24.0 Å². The van der Waals surface area contributed by atoms with Crippen molar-refractivity contribution in [3.63, 3.8) is 0 Å². The lowest BCUT2D eigenvalue weighted by molar-refractivity contribution is -0.127. The predicted octanol–water partition coefficient (Wildman–Crippen LogP) is 2.55. The van der Waals surface area contributed by atoms with Crippen LogP contribution < -0.4 is 15.4 Å². The lowest BCUT2D eigenvalue weighted by atomic mass is 10.2. The normalized spacial score (nSPS) is 16.1. The van der Waals surface area contributed by atoms with E-state index in [9.17, 15) is 9.18 Å². The van der Waals surface area contributed by atoms with E-state index in [2.05, 4.69) is 10.6 Å². The van der Waals surface area contributed by atoms with Crippen LogP contribution in [0.15, 0.2) is 18.2 Å². The molecule has 1 unspecified atom stereocenters. The first kappa shape index (κ1) is 15.3. The second-order valence-corrected chi connectivity index (χ2v) is 3.89. The van der Waals surface area contributed by atoms with Crippen LogP contribution in [0.2, 0.25) is 0 Å². The van der Waals surface area contributed by atoms with E-state index in [1.165, 1.54) is 6.07 Å². The lowest BCUT2D eigenvalue weighted by Gasteiger charge is -2.26. The van der Waals surface area contributed by atoms with Gasteiger partial charge < -0.3 is 15.4 Å². The van der Waals surface area contributed by atoms with Crippen LogP contribution in [0.4, 0.5) is 10.1 Å². The van der Waals surface area contributed by atoms with E-state index in [4.69, 9.17) is 4.74 Å². The molecule has 0 aliphatic carbocycles. The third kappa shape index (κ3) is 3.84. The highest BCUT2D eigenvalue weighted by Gasteiger charge is 2.26. The fourth-order valence-electron chi connectivity index (χ4n) is 1.67. The van der Waals surface area contributed by atoms with Gasteiger partial charge in [0.2, 0.25) is 0 Å². The summed E-state index contributed by atoms with van der Waals surface area (Å²) in [6, 6.07) is 4.56. The van der Waals surface area contributed by atoms with Crippen molar-refractivity contribution < 1.29 is 13.9 Å². The highest BCUT2D eigenvalue weighted by molar-refractivity contribution is 5.83. The third-order valence-corrected chi connectivity index (χ3v) is 2.55. The molecule has 0 saturated heterocycles. The second-order valence-electron chi connectivity index (χ2n) is 3.89. The molecule has 5 heteroatoms. The fourth-order valence-corrected chi connectivity index (χ4v) is 1.67. The minimum Gasteiger partial charge on any atom is -0.476 e. The van der Waals surface area contributed by atoms with E-state index >= 15 is 0 Å². The number of halogens is 1. The molecule has 0 radical (unpaired) electrons. The van der Waals surface area contributed by atoms with Crippen molar-refractivity contribution in [3.8, 4) is 5.75 Å². The summed E-state index contributed by atoms with van der Waals surface area (Å²) >= 11 is 0. The molecule has 1 aliphatic rings. The summed E-state index contributed by atoms with van der Waals surface area (Å²) in [6.07, 6.45) is 0.271. The smallest absolute Gasteiger partial charge is 0.262 e. The average molecular weight is 268 g/mol. The fraction of sp³-hybridized carbons (Fsp3) is 0.500. The monoisotopic (exact) mass is 268 g/mol. The number of hydrogen-bond donors (Lipinski definition) is 2. The van der Waals surface area contributed by atoms with E-state index in [1.807, 2.05) is 20.8 Å². The maximum Gasteiger partial charge on any atom is 0.262 e.